The molecule has 0 saturated carbocycles. The number of rotatable bonds is 9. The Morgan fingerprint density at radius 2 is 1.68 bits per heavy atom. The highest BCUT2D eigenvalue weighted by Crippen LogP contribution is 2.19. The van der Waals surface area contributed by atoms with Crippen molar-refractivity contribution < 1.29 is 13.6 Å². The van der Waals surface area contributed by atoms with Gasteiger partial charge in [0.15, 0.2) is 11.6 Å². The number of amides is 1. The molecule has 0 aliphatic carbocycles. The van der Waals surface area contributed by atoms with Gasteiger partial charge in [-0.15, -0.1) is 0 Å². The van der Waals surface area contributed by atoms with Crippen LogP contribution >= 0.6 is 0 Å². The van der Waals surface area contributed by atoms with Crippen LogP contribution in [0.5, 0.6) is 0 Å². The molecular formula is C18H27F2NO. The molecule has 0 atom stereocenters. The molecule has 1 amide bonds. The molecule has 0 heterocycles. The van der Waals surface area contributed by atoms with E-state index in [1.54, 1.807) is 6.07 Å². The molecule has 0 saturated heterocycles. The molecular weight excluding hydrogens is 284 g/mol. The van der Waals surface area contributed by atoms with Crippen molar-refractivity contribution in [3.63, 3.8) is 0 Å². The summed E-state index contributed by atoms with van der Waals surface area (Å²) in [5.41, 5.74) is 0.639. The number of benzene rings is 1. The summed E-state index contributed by atoms with van der Waals surface area (Å²) in [4.78, 5) is 14.3. The summed E-state index contributed by atoms with van der Waals surface area (Å²) in [5.74, 6) is -1.61. The van der Waals surface area contributed by atoms with E-state index in [1.807, 2.05) is 11.8 Å². The van der Waals surface area contributed by atoms with E-state index in [0.29, 0.717) is 18.5 Å². The van der Waals surface area contributed by atoms with Gasteiger partial charge in [-0.05, 0) is 37.0 Å². The van der Waals surface area contributed by atoms with E-state index in [4.69, 9.17) is 0 Å². The third kappa shape index (κ3) is 5.39. The third-order valence-corrected chi connectivity index (χ3v) is 3.81. The quantitative estimate of drug-likeness (QED) is 0.624. The number of hydrogen-bond acceptors (Lipinski definition) is 1. The van der Waals surface area contributed by atoms with E-state index >= 15 is 0 Å². The van der Waals surface area contributed by atoms with Crippen LogP contribution in [0.1, 0.15) is 64.9 Å². The predicted molar refractivity (Wildman–Crippen MR) is 85.4 cm³/mol. The second-order valence-electron chi connectivity index (χ2n) is 5.75. The third-order valence-electron chi connectivity index (χ3n) is 3.81. The molecule has 22 heavy (non-hydrogen) atoms. The minimum atomic E-state index is -0.858. The van der Waals surface area contributed by atoms with Crippen molar-refractivity contribution in [3.05, 3.63) is 35.4 Å². The summed E-state index contributed by atoms with van der Waals surface area (Å²) in [6.45, 7) is 6.52. The minimum Gasteiger partial charge on any atom is -0.335 e. The second kappa shape index (κ2) is 9.54. The highest BCUT2D eigenvalue weighted by molar-refractivity contribution is 5.76. The Bertz CT molecular complexity index is 470. The van der Waals surface area contributed by atoms with Gasteiger partial charge in [-0.3, -0.25) is 4.79 Å². The fourth-order valence-corrected chi connectivity index (χ4v) is 2.74. The molecule has 1 aromatic carbocycles. The molecule has 1 aromatic rings. The number of carbonyl (C=O) groups is 1. The van der Waals surface area contributed by atoms with Crippen LogP contribution in [-0.2, 0) is 11.3 Å². The molecule has 0 aliphatic heterocycles. The lowest BCUT2D eigenvalue weighted by Crippen LogP contribution is -2.39. The van der Waals surface area contributed by atoms with Crippen molar-refractivity contribution in [3.8, 4) is 0 Å². The molecule has 2 nitrogen and oxygen atoms in total. The molecule has 0 aromatic heterocycles. The highest BCUT2D eigenvalue weighted by atomic mass is 19.2. The van der Waals surface area contributed by atoms with Gasteiger partial charge in [0.1, 0.15) is 0 Å². The zero-order valence-electron chi connectivity index (χ0n) is 13.9. The number of hydrogen-bond donors (Lipinski definition) is 0. The van der Waals surface area contributed by atoms with Crippen LogP contribution in [0, 0.1) is 11.6 Å². The Balaban J connectivity index is 2.97. The van der Waals surface area contributed by atoms with Crippen LogP contribution in [0.2, 0.25) is 0 Å². The van der Waals surface area contributed by atoms with Crippen LogP contribution in [0.4, 0.5) is 8.78 Å². The Kier molecular flexibility index (Phi) is 8.07. The average Bonchev–Trinajstić information content (AvgIpc) is 2.48. The Morgan fingerprint density at radius 1 is 1.05 bits per heavy atom. The van der Waals surface area contributed by atoms with Crippen LogP contribution in [0.25, 0.3) is 0 Å². The van der Waals surface area contributed by atoms with E-state index in [2.05, 4.69) is 13.8 Å². The number of carbonyl (C=O) groups excluding carboxylic acids is 1. The Labute approximate surface area is 132 Å². The van der Waals surface area contributed by atoms with Crippen molar-refractivity contribution in [2.24, 2.45) is 0 Å². The van der Waals surface area contributed by atoms with Crippen LogP contribution < -0.4 is 0 Å². The van der Waals surface area contributed by atoms with Crippen LogP contribution in [0.15, 0.2) is 18.2 Å². The van der Waals surface area contributed by atoms with E-state index in [0.717, 1.165) is 38.2 Å². The van der Waals surface area contributed by atoms with Gasteiger partial charge in [0.2, 0.25) is 5.91 Å². The van der Waals surface area contributed by atoms with Gasteiger partial charge in [0, 0.05) is 19.0 Å². The smallest absolute Gasteiger partial charge is 0.223 e. The molecule has 0 N–H and O–H groups in total. The first-order valence-corrected chi connectivity index (χ1v) is 8.26. The van der Waals surface area contributed by atoms with Gasteiger partial charge in [0.05, 0.1) is 0 Å². The Morgan fingerprint density at radius 3 is 2.18 bits per heavy atom. The largest absolute Gasteiger partial charge is 0.335 e. The Hall–Kier alpha value is -1.45. The lowest BCUT2D eigenvalue weighted by Gasteiger charge is -2.32. The van der Waals surface area contributed by atoms with Gasteiger partial charge >= 0.3 is 0 Å². The fourth-order valence-electron chi connectivity index (χ4n) is 2.74. The average molecular weight is 311 g/mol. The first-order valence-electron chi connectivity index (χ1n) is 8.26. The lowest BCUT2D eigenvalue weighted by atomic mass is 10.0. The molecule has 1 rings (SSSR count). The first-order chi connectivity index (χ1) is 10.5. The van der Waals surface area contributed by atoms with E-state index < -0.39 is 11.6 Å². The monoisotopic (exact) mass is 311 g/mol. The number of halogens is 2. The molecule has 0 spiro atoms. The molecule has 0 aliphatic rings. The van der Waals surface area contributed by atoms with Crippen molar-refractivity contribution in [1.29, 1.82) is 0 Å². The van der Waals surface area contributed by atoms with Gasteiger partial charge in [-0.25, -0.2) is 8.78 Å². The molecule has 0 bridgehead atoms. The van der Waals surface area contributed by atoms with E-state index in [-0.39, 0.29) is 11.9 Å². The summed E-state index contributed by atoms with van der Waals surface area (Å²) in [7, 11) is 0. The maximum absolute atomic E-state index is 13.4. The topological polar surface area (TPSA) is 20.3 Å². The molecule has 0 unspecified atom stereocenters. The van der Waals surface area contributed by atoms with Gasteiger partial charge in [0.25, 0.3) is 0 Å². The van der Waals surface area contributed by atoms with Crippen molar-refractivity contribution in [2.45, 2.75) is 71.9 Å². The van der Waals surface area contributed by atoms with Crippen molar-refractivity contribution in [2.75, 3.05) is 0 Å². The normalized spacial score (nSPS) is 11.0. The zero-order chi connectivity index (χ0) is 16.5. The van der Waals surface area contributed by atoms with Crippen LogP contribution in [0.3, 0.4) is 0 Å². The summed E-state index contributed by atoms with van der Waals surface area (Å²) >= 11 is 0. The van der Waals surface area contributed by atoms with Crippen molar-refractivity contribution in [1.82, 2.24) is 4.90 Å². The van der Waals surface area contributed by atoms with Crippen LogP contribution in [-0.4, -0.2) is 16.8 Å². The maximum atomic E-state index is 13.4. The van der Waals surface area contributed by atoms with Gasteiger partial charge in [-0.2, -0.15) is 0 Å². The fraction of sp³-hybridized carbons (Fsp3) is 0.611. The second-order valence-corrected chi connectivity index (χ2v) is 5.75. The summed E-state index contributed by atoms with van der Waals surface area (Å²) in [6.07, 6.45) is 5.16. The van der Waals surface area contributed by atoms with E-state index in [1.165, 1.54) is 6.07 Å². The standard InChI is InChI=1S/C18H27F2NO/c1-4-7-15(8-5-2)21(18(22)9-6-3)13-14-10-11-16(19)17(20)12-14/h10-12,15H,4-9,13H2,1-3H3. The maximum Gasteiger partial charge on any atom is 0.223 e. The lowest BCUT2D eigenvalue weighted by molar-refractivity contribution is -0.134. The van der Waals surface area contributed by atoms with Crippen molar-refractivity contribution >= 4 is 5.91 Å². The molecule has 0 radical (unpaired) electrons. The molecule has 4 heteroatoms. The van der Waals surface area contributed by atoms with Gasteiger partial charge < -0.3 is 4.90 Å². The minimum absolute atomic E-state index is 0.0964. The predicted octanol–water partition coefficient (Wildman–Crippen LogP) is 5.06. The zero-order valence-corrected chi connectivity index (χ0v) is 13.9. The number of nitrogens with zero attached hydrogens (tertiary/aromatic N) is 1. The molecule has 0 fully saturated rings. The molecule has 124 valence electrons. The van der Waals surface area contributed by atoms with E-state index in [9.17, 15) is 13.6 Å². The summed E-state index contributed by atoms with van der Waals surface area (Å²) < 4.78 is 26.5. The SMILES string of the molecule is CCCC(=O)N(Cc1ccc(F)c(F)c1)C(CCC)CCC. The first kappa shape index (κ1) is 18.6. The van der Waals surface area contributed by atoms with Gasteiger partial charge in [-0.1, -0.05) is 39.7 Å². The summed E-state index contributed by atoms with van der Waals surface area (Å²) in [6, 6.07) is 4.04. The highest BCUT2D eigenvalue weighted by Gasteiger charge is 2.22. The summed E-state index contributed by atoms with van der Waals surface area (Å²) in [5, 5.41) is 0.